The highest BCUT2D eigenvalue weighted by molar-refractivity contribution is 8.32. The number of halogens is 1. The van der Waals surface area contributed by atoms with Gasteiger partial charge in [0.15, 0.2) is 0 Å². The van der Waals surface area contributed by atoms with Crippen molar-refractivity contribution in [3.05, 3.63) is 87.6 Å². The molecular weight excluding hydrogens is 469 g/mol. The summed E-state index contributed by atoms with van der Waals surface area (Å²) in [6.07, 6.45) is 7.86. The second-order valence-electron chi connectivity index (χ2n) is 9.13. The van der Waals surface area contributed by atoms with Crippen LogP contribution in [0.1, 0.15) is 27.5 Å². The number of methoxy groups -OCH3 is 1. The Morgan fingerprint density at radius 1 is 1.11 bits per heavy atom. The zero-order valence-corrected chi connectivity index (χ0v) is 20.9. The van der Waals surface area contributed by atoms with Crippen LogP contribution in [0.2, 0.25) is 0 Å². The number of H-pyrrole nitrogens is 1. The molecule has 4 rings (SSSR count). The van der Waals surface area contributed by atoms with Crippen molar-refractivity contribution in [1.82, 2.24) is 9.88 Å². The first-order chi connectivity index (χ1) is 16.6. The van der Waals surface area contributed by atoms with Gasteiger partial charge in [-0.05, 0) is 72.7 Å². The monoisotopic (exact) mass is 497 g/mol. The summed E-state index contributed by atoms with van der Waals surface area (Å²) in [5.74, 6) is -0.559. The van der Waals surface area contributed by atoms with Crippen molar-refractivity contribution in [3.63, 3.8) is 0 Å². The number of pyridine rings is 1. The number of amides is 2. The maximum atomic E-state index is 14.8. The Morgan fingerprint density at radius 3 is 2.51 bits per heavy atom. The average Bonchev–Trinajstić information content (AvgIpc) is 2.82. The van der Waals surface area contributed by atoms with Gasteiger partial charge >= 0.3 is 0 Å². The van der Waals surface area contributed by atoms with Crippen LogP contribution in [-0.2, 0) is 11.2 Å². The molecule has 3 aromatic rings. The van der Waals surface area contributed by atoms with Crippen molar-refractivity contribution in [3.8, 4) is 5.75 Å². The van der Waals surface area contributed by atoms with E-state index in [1.54, 1.807) is 31.4 Å². The molecular formula is C26H28FN3O4S. The van der Waals surface area contributed by atoms with E-state index in [4.69, 9.17) is 4.74 Å². The van der Waals surface area contributed by atoms with Crippen LogP contribution in [0.15, 0.2) is 64.4 Å². The van der Waals surface area contributed by atoms with E-state index < -0.39 is 22.0 Å². The van der Waals surface area contributed by atoms with E-state index in [0.717, 1.165) is 5.56 Å². The molecule has 1 aliphatic rings. The lowest BCUT2D eigenvalue weighted by Crippen LogP contribution is -2.45. The van der Waals surface area contributed by atoms with Crippen molar-refractivity contribution < 1.29 is 18.7 Å². The topological polar surface area (TPSA) is 91.5 Å². The van der Waals surface area contributed by atoms with E-state index >= 15 is 0 Å². The predicted molar refractivity (Wildman–Crippen MR) is 136 cm³/mol. The number of anilines is 1. The van der Waals surface area contributed by atoms with Gasteiger partial charge in [-0.3, -0.25) is 14.4 Å². The van der Waals surface area contributed by atoms with Gasteiger partial charge in [0.2, 0.25) is 5.56 Å². The number of carbonyl (C=O) groups excluding carboxylic acids is 2. The third kappa shape index (κ3) is 5.09. The highest BCUT2D eigenvalue weighted by Gasteiger charge is 2.37. The van der Waals surface area contributed by atoms with Crippen molar-refractivity contribution in [2.75, 3.05) is 37.7 Å². The van der Waals surface area contributed by atoms with Crippen molar-refractivity contribution in [2.45, 2.75) is 17.4 Å². The molecule has 0 bridgehead atoms. The molecule has 0 radical (unpaired) electrons. The Labute approximate surface area is 204 Å². The Hall–Kier alpha value is -3.59. The number of rotatable bonds is 5. The van der Waals surface area contributed by atoms with Gasteiger partial charge in [0.1, 0.15) is 17.6 Å². The third-order valence-electron chi connectivity index (χ3n) is 5.98. The molecule has 7 nitrogen and oxygen atoms in total. The van der Waals surface area contributed by atoms with Crippen molar-refractivity contribution >= 4 is 27.5 Å². The van der Waals surface area contributed by atoms with Gasteiger partial charge in [0.25, 0.3) is 11.8 Å². The lowest BCUT2D eigenvalue weighted by Gasteiger charge is -2.36. The van der Waals surface area contributed by atoms with E-state index in [9.17, 15) is 18.8 Å². The number of aromatic amines is 1. The molecule has 0 fully saturated rings. The minimum Gasteiger partial charge on any atom is -0.497 e. The normalized spacial score (nSPS) is 15.8. The van der Waals surface area contributed by atoms with Crippen LogP contribution < -0.4 is 15.6 Å². The SMILES string of the molecule is COc1ccc2c(c1)CCN(C(=O)c1ccc(=O)[nH]c1)[C@H]2C(=O)Nc1ccc(S(C)(C)C)c(F)c1. The molecule has 9 heteroatoms. The number of nitrogens with zero attached hydrogens (tertiary/aromatic N) is 1. The predicted octanol–water partition coefficient (Wildman–Crippen LogP) is 3.95. The molecule has 2 heterocycles. The zero-order chi connectivity index (χ0) is 25.3. The first-order valence-corrected chi connectivity index (χ1v) is 13.9. The van der Waals surface area contributed by atoms with Gasteiger partial charge in [0, 0.05) is 29.4 Å². The van der Waals surface area contributed by atoms with E-state index in [0.29, 0.717) is 28.3 Å². The van der Waals surface area contributed by atoms with Crippen LogP contribution in [0.3, 0.4) is 0 Å². The maximum absolute atomic E-state index is 14.8. The Morgan fingerprint density at radius 2 is 1.89 bits per heavy atom. The lowest BCUT2D eigenvalue weighted by molar-refractivity contribution is -0.121. The summed E-state index contributed by atoms with van der Waals surface area (Å²) in [6.45, 7) is 0.289. The first kappa shape index (κ1) is 24.5. The number of carbonyl (C=O) groups is 2. The molecule has 0 spiro atoms. The molecule has 2 amide bonds. The van der Waals surface area contributed by atoms with Crippen LogP contribution in [0.25, 0.3) is 0 Å². The number of aromatic nitrogens is 1. The van der Waals surface area contributed by atoms with Crippen LogP contribution in [0.4, 0.5) is 10.1 Å². The van der Waals surface area contributed by atoms with E-state index in [2.05, 4.69) is 10.3 Å². The van der Waals surface area contributed by atoms with Crippen LogP contribution in [0.5, 0.6) is 5.75 Å². The smallest absolute Gasteiger partial charge is 0.256 e. The van der Waals surface area contributed by atoms with Gasteiger partial charge in [-0.15, -0.1) is 0 Å². The summed E-state index contributed by atoms with van der Waals surface area (Å²) < 4.78 is 20.1. The maximum Gasteiger partial charge on any atom is 0.256 e. The first-order valence-electron chi connectivity index (χ1n) is 11.0. The molecule has 0 saturated heterocycles. The third-order valence-corrected chi connectivity index (χ3v) is 7.63. The number of hydrogen-bond acceptors (Lipinski definition) is 4. The van der Waals surface area contributed by atoms with Gasteiger partial charge in [0.05, 0.1) is 12.7 Å². The Bertz CT molecular complexity index is 1330. The largest absolute Gasteiger partial charge is 0.497 e. The van der Waals surface area contributed by atoms with E-state index in [1.807, 2.05) is 24.8 Å². The minimum absolute atomic E-state index is 0.267. The molecule has 0 saturated carbocycles. The average molecular weight is 498 g/mol. The quantitative estimate of drug-likeness (QED) is 0.558. The molecule has 184 valence electrons. The fourth-order valence-corrected chi connectivity index (χ4v) is 5.35. The fourth-order valence-electron chi connectivity index (χ4n) is 4.23. The molecule has 1 atom stereocenters. The highest BCUT2D eigenvalue weighted by Crippen LogP contribution is 2.47. The standard InChI is InChI=1S/C26H28FN3O4S/c1-34-19-7-8-20-16(13-19)11-12-30(26(33)17-5-10-23(31)28-15-17)24(20)25(32)29-18-6-9-22(21(27)14-18)35(2,3)4/h5-10,13-15,24H,11-12H2,1-4H3,(H,28,31)(H,29,32)/t24-/m1/s1. The van der Waals surface area contributed by atoms with Gasteiger partial charge in [-0.1, -0.05) is 6.07 Å². The number of benzene rings is 2. The van der Waals surface area contributed by atoms with Gasteiger partial charge < -0.3 is 19.9 Å². The summed E-state index contributed by atoms with van der Waals surface area (Å²) >= 11 is 0. The second kappa shape index (κ2) is 9.58. The van der Waals surface area contributed by atoms with E-state index in [-0.39, 0.29) is 29.4 Å². The van der Waals surface area contributed by atoms with Crippen molar-refractivity contribution in [2.24, 2.45) is 0 Å². The zero-order valence-electron chi connectivity index (χ0n) is 20.1. The summed E-state index contributed by atoms with van der Waals surface area (Å²) in [5, 5.41) is 2.79. The van der Waals surface area contributed by atoms with Gasteiger partial charge in [-0.2, -0.15) is 0 Å². The molecule has 2 N–H and O–H groups in total. The molecule has 2 aromatic carbocycles. The number of nitrogens with one attached hydrogen (secondary N) is 2. The number of fused-ring (bicyclic) bond motifs is 1. The minimum atomic E-state index is -1.28. The second-order valence-corrected chi connectivity index (χ2v) is 13.2. The molecule has 35 heavy (non-hydrogen) atoms. The summed E-state index contributed by atoms with van der Waals surface area (Å²) in [5.41, 5.74) is 1.82. The van der Waals surface area contributed by atoms with Crippen LogP contribution >= 0.6 is 10.0 Å². The number of hydrogen-bond donors (Lipinski definition) is 2. The highest BCUT2D eigenvalue weighted by atomic mass is 32.3. The lowest BCUT2D eigenvalue weighted by atomic mass is 9.91. The Kier molecular flexibility index (Phi) is 6.71. The van der Waals surface area contributed by atoms with Crippen LogP contribution in [-0.4, -0.2) is 54.1 Å². The molecule has 1 aromatic heterocycles. The summed E-state index contributed by atoms with van der Waals surface area (Å²) in [7, 11) is 0.290. The molecule has 0 aliphatic carbocycles. The summed E-state index contributed by atoms with van der Waals surface area (Å²) in [4.78, 5) is 43.0. The van der Waals surface area contributed by atoms with Gasteiger partial charge in [-0.25, -0.2) is 14.4 Å². The molecule has 0 unspecified atom stereocenters. The van der Waals surface area contributed by atoms with Crippen molar-refractivity contribution in [1.29, 1.82) is 0 Å². The summed E-state index contributed by atoms with van der Waals surface area (Å²) in [6, 6.07) is 11.8. The van der Waals surface area contributed by atoms with E-state index in [1.165, 1.54) is 29.3 Å². The molecule has 1 aliphatic heterocycles. The fraction of sp³-hybridized carbons (Fsp3) is 0.269. The number of ether oxygens (including phenoxy) is 1. The van der Waals surface area contributed by atoms with Crippen LogP contribution in [0, 0.1) is 5.82 Å². The Balaban J connectivity index is 1.70.